The van der Waals surface area contributed by atoms with Crippen LogP contribution < -0.4 is 14.4 Å². The van der Waals surface area contributed by atoms with Crippen LogP contribution >= 0.6 is 11.6 Å². The fourth-order valence-corrected chi connectivity index (χ4v) is 5.66. The fraction of sp³-hybridized carbons (Fsp3) is 0.310. The number of carbonyl (C=O) groups excluding carboxylic acids is 2. The smallest absolute Gasteiger partial charge is 0.264 e. The lowest BCUT2D eigenvalue weighted by Gasteiger charge is -2.32. The molecule has 0 radical (unpaired) electrons. The van der Waals surface area contributed by atoms with Gasteiger partial charge in [0.1, 0.15) is 18.3 Å². The molecule has 0 spiro atoms. The summed E-state index contributed by atoms with van der Waals surface area (Å²) in [5.74, 6) is -0.238. The fourth-order valence-electron chi connectivity index (χ4n) is 4.00. The molecule has 3 aromatic carbocycles. The van der Waals surface area contributed by atoms with Gasteiger partial charge in [0.05, 0.1) is 17.7 Å². The lowest BCUT2D eigenvalue weighted by molar-refractivity contribution is -0.139. The maximum absolute atomic E-state index is 13.9. The minimum atomic E-state index is -4.16. The van der Waals surface area contributed by atoms with Gasteiger partial charge in [0.2, 0.25) is 11.8 Å². The molecule has 3 rings (SSSR count). The molecule has 2 amide bonds. The summed E-state index contributed by atoms with van der Waals surface area (Å²) in [6.45, 7) is 6.58. The highest BCUT2D eigenvalue weighted by molar-refractivity contribution is 7.92. The third kappa shape index (κ3) is 7.52. The molecule has 0 heterocycles. The van der Waals surface area contributed by atoms with Crippen molar-refractivity contribution in [3.63, 3.8) is 0 Å². The Morgan fingerprint density at radius 1 is 0.974 bits per heavy atom. The van der Waals surface area contributed by atoms with E-state index in [-0.39, 0.29) is 29.1 Å². The Kier molecular flexibility index (Phi) is 9.99. The quantitative estimate of drug-likeness (QED) is 0.357. The van der Waals surface area contributed by atoms with E-state index in [4.69, 9.17) is 16.3 Å². The van der Waals surface area contributed by atoms with Crippen molar-refractivity contribution in [2.45, 2.75) is 51.2 Å². The van der Waals surface area contributed by atoms with Gasteiger partial charge < -0.3 is 15.0 Å². The van der Waals surface area contributed by atoms with E-state index in [9.17, 15) is 18.0 Å². The number of hydrogen-bond donors (Lipinski definition) is 1. The second kappa shape index (κ2) is 13.0. The number of benzene rings is 3. The zero-order valence-corrected chi connectivity index (χ0v) is 24.3. The van der Waals surface area contributed by atoms with Crippen molar-refractivity contribution in [2.75, 3.05) is 18.0 Å². The SMILES string of the molecule is COc1ccc(CN(C(=O)CN(c2cc(Cl)ccc2C)S(=O)(=O)c2ccccc2)[C@H](C)C(=O)NC(C)C)cc1. The van der Waals surface area contributed by atoms with Crippen LogP contribution in [0.1, 0.15) is 31.9 Å². The second-order valence-electron chi connectivity index (χ2n) is 9.46. The van der Waals surface area contributed by atoms with Crippen LogP contribution in [0.5, 0.6) is 5.75 Å². The minimum Gasteiger partial charge on any atom is -0.497 e. The van der Waals surface area contributed by atoms with Crippen LogP contribution in [-0.4, -0.2) is 50.9 Å². The molecular formula is C29H34ClN3O5S. The highest BCUT2D eigenvalue weighted by Gasteiger charge is 2.33. The Labute approximate surface area is 235 Å². The Balaban J connectivity index is 2.05. The monoisotopic (exact) mass is 571 g/mol. The van der Waals surface area contributed by atoms with Gasteiger partial charge >= 0.3 is 0 Å². The lowest BCUT2D eigenvalue weighted by atomic mass is 10.1. The van der Waals surface area contributed by atoms with Crippen molar-refractivity contribution in [1.29, 1.82) is 0 Å². The van der Waals surface area contributed by atoms with Gasteiger partial charge in [-0.05, 0) is 75.2 Å². The molecule has 8 nitrogen and oxygen atoms in total. The van der Waals surface area contributed by atoms with Crippen molar-refractivity contribution in [3.8, 4) is 5.75 Å². The van der Waals surface area contributed by atoms with Gasteiger partial charge in [0.25, 0.3) is 10.0 Å². The summed E-state index contributed by atoms with van der Waals surface area (Å²) < 4.78 is 34.0. The largest absolute Gasteiger partial charge is 0.497 e. The predicted molar refractivity (Wildman–Crippen MR) is 153 cm³/mol. The molecular weight excluding hydrogens is 538 g/mol. The molecule has 0 bridgehead atoms. The van der Waals surface area contributed by atoms with E-state index in [1.807, 2.05) is 13.8 Å². The van der Waals surface area contributed by atoms with Gasteiger partial charge in [-0.3, -0.25) is 13.9 Å². The van der Waals surface area contributed by atoms with Crippen molar-refractivity contribution >= 4 is 39.1 Å². The van der Waals surface area contributed by atoms with Crippen LogP contribution in [0.3, 0.4) is 0 Å². The molecule has 1 atom stereocenters. The first-order valence-electron chi connectivity index (χ1n) is 12.5. The number of aryl methyl sites for hydroxylation is 1. The first-order chi connectivity index (χ1) is 18.4. The molecule has 0 unspecified atom stereocenters. The number of carbonyl (C=O) groups is 2. The highest BCUT2D eigenvalue weighted by atomic mass is 35.5. The molecule has 3 aromatic rings. The maximum Gasteiger partial charge on any atom is 0.264 e. The lowest BCUT2D eigenvalue weighted by Crippen LogP contribution is -2.52. The molecule has 39 heavy (non-hydrogen) atoms. The van der Waals surface area contributed by atoms with E-state index in [1.165, 1.54) is 23.1 Å². The molecule has 0 aliphatic carbocycles. The van der Waals surface area contributed by atoms with E-state index in [0.717, 1.165) is 9.87 Å². The average molecular weight is 572 g/mol. The Hall–Kier alpha value is -3.56. The summed E-state index contributed by atoms with van der Waals surface area (Å²) in [4.78, 5) is 28.3. The van der Waals surface area contributed by atoms with Gasteiger partial charge in [-0.2, -0.15) is 0 Å². The van der Waals surface area contributed by atoms with E-state index in [1.54, 1.807) is 75.6 Å². The second-order valence-corrected chi connectivity index (χ2v) is 11.8. The third-order valence-electron chi connectivity index (χ3n) is 6.16. The molecule has 0 saturated heterocycles. The normalized spacial score (nSPS) is 12.1. The topological polar surface area (TPSA) is 96.0 Å². The Morgan fingerprint density at radius 3 is 2.21 bits per heavy atom. The molecule has 0 aliphatic rings. The molecule has 0 saturated carbocycles. The standard InChI is InChI=1S/C29H34ClN3O5S/c1-20(2)31-29(35)22(4)32(18-23-12-15-25(38-5)16-13-23)28(34)19-33(27-17-24(30)14-11-21(27)3)39(36,37)26-9-7-6-8-10-26/h6-17,20,22H,18-19H2,1-5H3,(H,31,35)/t22-/m1/s1. The number of amides is 2. The summed E-state index contributed by atoms with van der Waals surface area (Å²) in [5, 5.41) is 3.17. The summed E-state index contributed by atoms with van der Waals surface area (Å²) in [6, 6.07) is 18.9. The number of ether oxygens (including phenoxy) is 1. The highest BCUT2D eigenvalue weighted by Crippen LogP contribution is 2.30. The zero-order chi connectivity index (χ0) is 28.7. The first kappa shape index (κ1) is 30.0. The average Bonchev–Trinajstić information content (AvgIpc) is 2.91. The van der Waals surface area contributed by atoms with E-state index < -0.39 is 28.5 Å². The van der Waals surface area contributed by atoms with E-state index in [2.05, 4.69) is 5.32 Å². The van der Waals surface area contributed by atoms with Crippen LogP contribution in [0, 0.1) is 6.92 Å². The molecule has 1 N–H and O–H groups in total. The number of methoxy groups -OCH3 is 1. The number of sulfonamides is 1. The molecule has 208 valence electrons. The van der Waals surface area contributed by atoms with E-state index in [0.29, 0.717) is 16.3 Å². The number of rotatable bonds is 11. The van der Waals surface area contributed by atoms with Crippen LogP contribution in [0.15, 0.2) is 77.7 Å². The summed E-state index contributed by atoms with van der Waals surface area (Å²) in [6.07, 6.45) is 0. The van der Waals surface area contributed by atoms with Crippen LogP contribution in [0.2, 0.25) is 5.02 Å². The van der Waals surface area contributed by atoms with Crippen molar-refractivity contribution in [3.05, 3.63) is 88.9 Å². The summed E-state index contributed by atoms with van der Waals surface area (Å²) in [7, 11) is -2.60. The van der Waals surface area contributed by atoms with Crippen LogP contribution in [0.4, 0.5) is 5.69 Å². The van der Waals surface area contributed by atoms with Gasteiger partial charge in [-0.25, -0.2) is 8.42 Å². The molecule has 10 heteroatoms. The zero-order valence-electron chi connectivity index (χ0n) is 22.7. The van der Waals surface area contributed by atoms with Gasteiger partial charge in [-0.15, -0.1) is 0 Å². The van der Waals surface area contributed by atoms with Crippen molar-refractivity contribution in [1.82, 2.24) is 10.2 Å². The predicted octanol–water partition coefficient (Wildman–Crippen LogP) is 4.79. The van der Waals surface area contributed by atoms with Crippen molar-refractivity contribution in [2.24, 2.45) is 0 Å². The summed E-state index contributed by atoms with van der Waals surface area (Å²) >= 11 is 6.25. The first-order valence-corrected chi connectivity index (χ1v) is 14.3. The number of nitrogens with zero attached hydrogens (tertiary/aromatic N) is 2. The third-order valence-corrected chi connectivity index (χ3v) is 8.17. The number of halogens is 1. The van der Waals surface area contributed by atoms with Crippen LogP contribution in [0.25, 0.3) is 0 Å². The Morgan fingerprint density at radius 2 is 1.62 bits per heavy atom. The number of hydrogen-bond acceptors (Lipinski definition) is 5. The molecule has 0 aliphatic heterocycles. The molecule has 0 fully saturated rings. The van der Waals surface area contributed by atoms with Gasteiger partial charge in [-0.1, -0.05) is 48.0 Å². The number of nitrogens with one attached hydrogen (secondary N) is 1. The van der Waals surface area contributed by atoms with E-state index >= 15 is 0 Å². The maximum atomic E-state index is 13.9. The van der Waals surface area contributed by atoms with Gasteiger partial charge in [0, 0.05) is 17.6 Å². The van der Waals surface area contributed by atoms with Crippen molar-refractivity contribution < 1.29 is 22.7 Å². The van der Waals surface area contributed by atoms with Gasteiger partial charge in [0.15, 0.2) is 0 Å². The molecule has 0 aromatic heterocycles. The minimum absolute atomic E-state index is 0.0319. The van der Waals surface area contributed by atoms with Crippen LogP contribution in [-0.2, 0) is 26.2 Å². The number of anilines is 1. The summed E-state index contributed by atoms with van der Waals surface area (Å²) in [5.41, 5.74) is 1.66. The Bertz CT molecular complexity index is 1400.